The fourth-order valence-corrected chi connectivity index (χ4v) is 1.92. The molecule has 1 radical (unpaired) electrons. The number of amides is 1. The fourth-order valence-electron chi connectivity index (χ4n) is 1.72. The summed E-state index contributed by atoms with van der Waals surface area (Å²) < 4.78 is 18.3. The van der Waals surface area contributed by atoms with E-state index in [1.807, 2.05) is 0 Å². The van der Waals surface area contributed by atoms with E-state index in [1.165, 1.54) is 31.4 Å². The second kappa shape index (κ2) is 6.37. The molecule has 21 heavy (non-hydrogen) atoms. The molecular weight excluding hydrogens is 297 g/mol. The summed E-state index contributed by atoms with van der Waals surface area (Å²) in [5.41, 5.74) is 0.625. The van der Waals surface area contributed by atoms with Crippen LogP contribution in [0, 0.1) is 5.82 Å². The first-order chi connectivity index (χ1) is 10.0. The number of rotatable bonds is 4. The Morgan fingerprint density at radius 1 is 1.29 bits per heavy atom. The maximum atomic E-state index is 13.2. The molecule has 2 aromatic rings. The van der Waals surface area contributed by atoms with E-state index in [2.05, 4.69) is 5.32 Å². The third kappa shape index (κ3) is 3.38. The van der Waals surface area contributed by atoms with E-state index in [-0.39, 0.29) is 21.9 Å². The zero-order valence-corrected chi connectivity index (χ0v) is 11.7. The maximum absolute atomic E-state index is 13.2. The lowest BCUT2D eigenvalue weighted by molar-refractivity contribution is 0.102. The van der Waals surface area contributed by atoms with Gasteiger partial charge in [-0.2, -0.15) is 0 Å². The van der Waals surface area contributed by atoms with Gasteiger partial charge >= 0.3 is 0 Å². The van der Waals surface area contributed by atoms with E-state index < -0.39 is 11.7 Å². The molecule has 0 aliphatic rings. The van der Waals surface area contributed by atoms with Crippen LogP contribution in [0.3, 0.4) is 0 Å². The summed E-state index contributed by atoms with van der Waals surface area (Å²) in [6, 6.07) is 7.89. The summed E-state index contributed by atoms with van der Waals surface area (Å²) in [5, 5.41) is 2.68. The van der Waals surface area contributed by atoms with Gasteiger partial charge in [-0.3, -0.25) is 9.59 Å². The third-order valence-corrected chi connectivity index (χ3v) is 3.07. The molecule has 0 saturated carbocycles. The second-order valence-electron chi connectivity index (χ2n) is 4.10. The van der Waals surface area contributed by atoms with Crippen LogP contribution in [-0.2, 0) is 4.79 Å². The van der Waals surface area contributed by atoms with Gasteiger partial charge in [0.15, 0.2) is 0 Å². The minimum Gasteiger partial charge on any atom is -0.495 e. The highest BCUT2D eigenvalue weighted by molar-refractivity contribution is 6.34. The Morgan fingerprint density at radius 2 is 2.05 bits per heavy atom. The predicted octanol–water partition coefficient (Wildman–Crippen LogP) is 3.20. The number of halogens is 2. The molecule has 2 aromatic carbocycles. The van der Waals surface area contributed by atoms with Gasteiger partial charge in [0.2, 0.25) is 6.29 Å². The standard InChI is InChI=1S/C15H10ClFNO3/c1-21-14-6-9(8-19)2-5-13(14)18-15(20)11-7-10(17)3-4-12(11)16/h2-7H,1H3,(H,18,20). The minimum absolute atomic E-state index is 0.00439. The van der Waals surface area contributed by atoms with E-state index in [1.54, 1.807) is 6.29 Å². The van der Waals surface area contributed by atoms with Gasteiger partial charge in [0.25, 0.3) is 5.91 Å². The number of ether oxygens (including phenoxy) is 1. The molecule has 0 atom stereocenters. The van der Waals surface area contributed by atoms with Crippen molar-refractivity contribution < 1.29 is 18.7 Å². The lowest BCUT2D eigenvalue weighted by Crippen LogP contribution is -2.13. The Hall–Kier alpha value is -2.40. The van der Waals surface area contributed by atoms with Crippen molar-refractivity contribution in [2.45, 2.75) is 0 Å². The van der Waals surface area contributed by atoms with Gasteiger partial charge in [-0.1, -0.05) is 11.6 Å². The van der Waals surface area contributed by atoms with Crippen molar-refractivity contribution in [1.29, 1.82) is 0 Å². The molecule has 0 aliphatic carbocycles. The normalized spacial score (nSPS) is 10.0. The summed E-state index contributed by atoms with van der Waals surface area (Å²) in [6.45, 7) is 0. The number of anilines is 1. The number of carbonyl (C=O) groups is 1. The number of carbonyl (C=O) groups excluding carboxylic acids is 2. The topological polar surface area (TPSA) is 55.4 Å². The average molecular weight is 307 g/mol. The largest absolute Gasteiger partial charge is 0.495 e. The van der Waals surface area contributed by atoms with Crippen LogP contribution in [0.2, 0.25) is 5.02 Å². The van der Waals surface area contributed by atoms with Crippen LogP contribution >= 0.6 is 11.6 Å². The van der Waals surface area contributed by atoms with Gasteiger partial charge in [-0.15, -0.1) is 0 Å². The molecule has 107 valence electrons. The molecule has 6 heteroatoms. The van der Waals surface area contributed by atoms with Crippen molar-refractivity contribution >= 4 is 29.5 Å². The highest BCUT2D eigenvalue weighted by Crippen LogP contribution is 2.26. The molecule has 4 nitrogen and oxygen atoms in total. The molecule has 1 amide bonds. The zero-order chi connectivity index (χ0) is 15.4. The molecular formula is C15H10ClFNO3. The molecule has 1 N–H and O–H groups in total. The molecule has 2 rings (SSSR count). The summed E-state index contributed by atoms with van der Waals surface area (Å²) in [5.74, 6) is -0.861. The number of hydrogen-bond donors (Lipinski definition) is 1. The SMILES string of the molecule is COc1cc([C]=O)ccc1NC(=O)c1cc(F)ccc1Cl. The highest BCUT2D eigenvalue weighted by Gasteiger charge is 2.14. The Morgan fingerprint density at radius 3 is 2.71 bits per heavy atom. The molecule has 0 aliphatic heterocycles. The van der Waals surface area contributed by atoms with Crippen LogP contribution in [0.4, 0.5) is 10.1 Å². The van der Waals surface area contributed by atoms with Crippen molar-refractivity contribution in [2.75, 3.05) is 12.4 Å². The molecule has 0 aromatic heterocycles. The Kier molecular flexibility index (Phi) is 4.55. The third-order valence-electron chi connectivity index (χ3n) is 2.74. The first-order valence-corrected chi connectivity index (χ1v) is 6.25. The van der Waals surface area contributed by atoms with Crippen LogP contribution < -0.4 is 10.1 Å². The number of methoxy groups -OCH3 is 1. The highest BCUT2D eigenvalue weighted by atomic mass is 35.5. The van der Waals surface area contributed by atoms with Crippen molar-refractivity contribution in [3.63, 3.8) is 0 Å². The monoisotopic (exact) mass is 306 g/mol. The summed E-state index contributed by atoms with van der Waals surface area (Å²) >= 11 is 5.87. The number of benzene rings is 2. The first-order valence-electron chi connectivity index (χ1n) is 5.87. The predicted molar refractivity (Wildman–Crippen MR) is 77.2 cm³/mol. The van der Waals surface area contributed by atoms with Crippen LogP contribution in [0.1, 0.15) is 15.9 Å². The Labute approximate surface area is 125 Å². The number of nitrogens with one attached hydrogen (secondary N) is 1. The quantitative estimate of drug-likeness (QED) is 0.943. The van der Waals surface area contributed by atoms with Gasteiger partial charge < -0.3 is 10.1 Å². The maximum Gasteiger partial charge on any atom is 0.257 e. The minimum atomic E-state index is -0.583. The van der Waals surface area contributed by atoms with Gasteiger partial charge in [-0.05, 0) is 36.4 Å². The first kappa shape index (κ1) is 15.0. The molecule has 0 unspecified atom stereocenters. The Bertz CT molecular complexity index is 703. The zero-order valence-electron chi connectivity index (χ0n) is 10.9. The van der Waals surface area contributed by atoms with Gasteiger partial charge in [0.1, 0.15) is 11.6 Å². The molecule has 0 heterocycles. The van der Waals surface area contributed by atoms with Crippen molar-refractivity contribution in [2.24, 2.45) is 0 Å². The summed E-state index contributed by atoms with van der Waals surface area (Å²) in [7, 11) is 1.40. The van der Waals surface area contributed by atoms with Crippen LogP contribution in [0.25, 0.3) is 0 Å². The summed E-state index contributed by atoms with van der Waals surface area (Å²) in [4.78, 5) is 22.7. The van der Waals surface area contributed by atoms with Crippen LogP contribution in [-0.4, -0.2) is 19.3 Å². The second-order valence-corrected chi connectivity index (χ2v) is 4.50. The van der Waals surface area contributed by atoms with E-state index in [4.69, 9.17) is 16.3 Å². The van der Waals surface area contributed by atoms with Crippen LogP contribution in [0.15, 0.2) is 36.4 Å². The van der Waals surface area contributed by atoms with E-state index in [9.17, 15) is 14.0 Å². The number of hydrogen-bond acceptors (Lipinski definition) is 3. The van der Waals surface area contributed by atoms with Gasteiger partial charge in [0, 0.05) is 5.56 Å². The molecule has 0 bridgehead atoms. The van der Waals surface area contributed by atoms with Gasteiger partial charge in [-0.25, -0.2) is 4.39 Å². The lowest BCUT2D eigenvalue weighted by Gasteiger charge is -2.11. The molecule has 0 spiro atoms. The van der Waals surface area contributed by atoms with Crippen LogP contribution in [0.5, 0.6) is 5.75 Å². The van der Waals surface area contributed by atoms with Crippen molar-refractivity contribution in [3.8, 4) is 5.75 Å². The van der Waals surface area contributed by atoms with E-state index in [0.717, 1.165) is 12.1 Å². The summed E-state index contributed by atoms with van der Waals surface area (Å²) in [6.07, 6.45) is 1.72. The average Bonchev–Trinajstić information content (AvgIpc) is 2.49. The fraction of sp³-hybridized carbons (Fsp3) is 0.0667. The van der Waals surface area contributed by atoms with Gasteiger partial charge in [0.05, 0.1) is 23.4 Å². The smallest absolute Gasteiger partial charge is 0.257 e. The Balaban J connectivity index is 2.31. The lowest BCUT2D eigenvalue weighted by atomic mass is 10.1. The van der Waals surface area contributed by atoms with Crippen molar-refractivity contribution in [3.05, 3.63) is 58.4 Å². The van der Waals surface area contributed by atoms with E-state index in [0.29, 0.717) is 5.69 Å². The van der Waals surface area contributed by atoms with Crippen molar-refractivity contribution in [1.82, 2.24) is 0 Å². The van der Waals surface area contributed by atoms with E-state index >= 15 is 0 Å². The molecule has 0 fully saturated rings. The molecule has 0 saturated heterocycles.